The molecule has 1 aliphatic heterocycles. The van der Waals surface area contributed by atoms with Gasteiger partial charge < -0.3 is 25.6 Å². The average Bonchev–Trinajstić information content (AvgIpc) is 3.66. The normalized spacial score (nSPS) is 26.1. The minimum absolute atomic E-state index is 0.0267. The van der Waals surface area contributed by atoms with E-state index in [2.05, 4.69) is 30.6 Å². The van der Waals surface area contributed by atoms with Gasteiger partial charge in [0.1, 0.15) is 23.2 Å². The van der Waals surface area contributed by atoms with E-state index in [9.17, 15) is 29.4 Å². The number of epoxide rings is 1. The second-order valence-electron chi connectivity index (χ2n) is 10.4. The van der Waals surface area contributed by atoms with Gasteiger partial charge in [0.2, 0.25) is 11.7 Å². The Kier molecular flexibility index (Phi) is 10.4. The van der Waals surface area contributed by atoms with E-state index < -0.39 is 35.4 Å². The number of Topliss-reactive ketones (excluding diaryl/α,β-unsaturated/α-hetero) is 2. The summed E-state index contributed by atoms with van der Waals surface area (Å²) in [5.74, 6) is -1.43. The summed E-state index contributed by atoms with van der Waals surface area (Å²) < 4.78 is 5.39. The van der Waals surface area contributed by atoms with E-state index in [4.69, 9.17) is 4.74 Å². The molecule has 0 spiro atoms. The van der Waals surface area contributed by atoms with Crippen molar-refractivity contribution in [2.75, 3.05) is 0 Å². The lowest BCUT2D eigenvalue weighted by Crippen LogP contribution is -2.42. The predicted octanol–water partition coefficient (Wildman–Crippen LogP) is 3.70. The summed E-state index contributed by atoms with van der Waals surface area (Å²) in [6.45, 7) is 7.90. The van der Waals surface area contributed by atoms with Crippen LogP contribution >= 0.6 is 0 Å². The highest BCUT2D eigenvalue weighted by Gasteiger charge is 2.59. The van der Waals surface area contributed by atoms with Crippen molar-refractivity contribution < 1.29 is 34.1 Å². The first kappa shape index (κ1) is 30.7. The molecule has 1 saturated heterocycles. The molecule has 2 amide bonds. The van der Waals surface area contributed by atoms with Gasteiger partial charge in [0.05, 0.1) is 5.70 Å². The van der Waals surface area contributed by atoms with E-state index in [1.165, 1.54) is 36.5 Å². The van der Waals surface area contributed by atoms with Gasteiger partial charge in [-0.3, -0.25) is 19.2 Å². The number of unbranched alkanes of at least 4 members (excludes halogenated alkanes) is 1. The van der Waals surface area contributed by atoms with Crippen molar-refractivity contribution in [3.8, 4) is 0 Å². The molecule has 0 aromatic heterocycles. The highest BCUT2D eigenvalue weighted by Crippen LogP contribution is 2.40. The number of ketones is 2. The Bertz CT molecular complexity index is 1260. The number of ether oxygens (including phenoxy) is 1. The van der Waals surface area contributed by atoms with Crippen LogP contribution in [0.25, 0.3) is 0 Å². The fraction of sp³-hybridized carbons (Fsp3) is 0.419. The van der Waals surface area contributed by atoms with E-state index in [0.717, 1.165) is 24.8 Å². The van der Waals surface area contributed by atoms with Crippen molar-refractivity contribution in [2.24, 2.45) is 5.92 Å². The molecule has 4 N–H and O–H groups in total. The zero-order valence-electron chi connectivity index (χ0n) is 23.4. The summed E-state index contributed by atoms with van der Waals surface area (Å²) in [7, 11) is 0. The highest BCUT2D eigenvalue weighted by molar-refractivity contribution is 6.07. The average molecular weight is 551 g/mol. The number of fused-ring (bicyclic) bond motifs is 1. The van der Waals surface area contributed by atoms with Gasteiger partial charge in [-0.2, -0.15) is 0 Å². The minimum Gasteiger partial charge on any atom is -0.510 e. The molecule has 1 heterocycles. The maximum absolute atomic E-state index is 12.8. The Labute approximate surface area is 234 Å². The van der Waals surface area contributed by atoms with E-state index in [1.54, 1.807) is 19.1 Å². The van der Waals surface area contributed by atoms with Crippen LogP contribution in [0.2, 0.25) is 0 Å². The smallest absolute Gasteiger partial charge is 0.251 e. The summed E-state index contributed by atoms with van der Waals surface area (Å²) >= 11 is 0. The predicted molar refractivity (Wildman–Crippen MR) is 151 cm³/mol. The van der Waals surface area contributed by atoms with Gasteiger partial charge in [0, 0.05) is 24.5 Å². The summed E-state index contributed by atoms with van der Waals surface area (Å²) in [4.78, 5) is 49.0. The van der Waals surface area contributed by atoms with Crippen LogP contribution in [0.1, 0.15) is 59.8 Å². The molecule has 1 fully saturated rings. The number of hydrogen-bond donors (Lipinski definition) is 4. The number of carbonyl (C=O) groups excluding carboxylic acids is 4. The van der Waals surface area contributed by atoms with Gasteiger partial charge >= 0.3 is 0 Å². The number of carbonyl (C=O) groups is 4. The molecule has 3 rings (SSSR count). The van der Waals surface area contributed by atoms with E-state index in [0.29, 0.717) is 11.5 Å². The maximum Gasteiger partial charge on any atom is 0.251 e. The van der Waals surface area contributed by atoms with Crippen LogP contribution in [0.15, 0.2) is 83.0 Å². The fourth-order valence-corrected chi connectivity index (χ4v) is 4.61. The van der Waals surface area contributed by atoms with Gasteiger partial charge in [-0.15, -0.1) is 0 Å². The monoisotopic (exact) mass is 550 g/mol. The summed E-state index contributed by atoms with van der Waals surface area (Å²) in [6, 6.07) is 0. The third kappa shape index (κ3) is 8.09. The quantitative estimate of drug-likeness (QED) is 0.165. The fourth-order valence-electron chi connectivity index (χ4n) is 4.61. The van der Waals surface area contributed by atoms with Crippen molar-refractivity contribution in [3.63, 3.8) is 0 Å². The van der Waals surface area contributed by atoms with E-state index in [-0.39, 0.29) is 35.8 Å². The Morgan fingerprint density at radius 1 is 1.15 bits per heavy atom. The Morgan fingerprint density at radius 2 is 1.88 bits per heavy atom. The van der Waals surface area contributed by atoms with Gasteiger partial charge in [0.15, 0.2) is 11.9 Å². The molecule has 9 nitrogen and oxygen atoms in total. The third-order valence-corrected chi connectivity index (χ3v) is 6.81. The van der Waals surface area contributed by atoms with Crippen molar-refractivity contribution in [3.05, 3.63) is 83.0 Å². The number of aliphatic hydroxyl groups excluding tert-OH is 1. The largest absolute Gasteiger partial charge is 0.510 e. The molecule has 0 aromatic carbocycles. The van der Waals surface area contributed by atoms with Crippen molar-refractivity contribution in [1.82, 2.24) is 10.6 Å². The lowest BCUT2D eigenvalue weighted by Gasteiger charge is -2.23. The molecular formula is C31H38N2O7. The second kappa shape index (κ2) is 13.5. The Hall–Kier alpha value is -3.82. The van der Waals surface area contributed by atoms with E-state index >= 15 is 0 Å². The molecule has 0 bridgehead atoms. The van der Waals surface area contributed by atoms with Crippen LogP contribution < -0.4 is 10.6 Å². The zero-order valence-corrected chi connectivity index (χ0v) is 23.4. The van der Waals surface area contributed by atoms with Gasteiger partial charge in [0.25, 0.3) is 5.91 Å². The van der Waals surface area contributed by atoms with Crippen LogP contribution in [0, 0.1) is 5.92 Å². The third-order valence-electron chi connectivity index (χ3n) is 6.81. The minimum atomic E-state index is -1.61. The molecule has 214 valence electrons. The number of hydrogen-bond acceptors (Lipinski definition) is 7. The maximum atomic E-state index is 12.8. The van der Waals surface area contributed by atoms with Crippen LogP contribution in [-0.4, -0.2) is 51.4 Å². The van der Waals surface area contributed by atoms with Crippen LogP contribution in [0.5, 0.6) is 0 Å². The van der Waals surface area contributed by atoms with E-state index in [1.807, 2.05) is 6.92 Å². The lowest BCUT2D eigenvalue weighted by molar-refractivity contribution is -0.121. The molecule has 0 unspecified atom stereocenters. The van der Waals surface area contributed by atoms with Gasteiger partial charge in [-0.25, -0.2) is 0 Å². The van der Waals surface area contributed by atoms with Gasteiger partial charge in [-0.1, -0.05) is 68.7 Å². The molecule has 4 atom stereocenters. The molecule has 0 radical (unpaired) electrons. The molecule has 40 heavy (non-hydrogen) atoms. The topological polar surface area (TPSA) is 145 Å². The molecular weight excluding hydrogens is 512 g/mol. The van der Waals surface area contributed by atoms with Gasteiger partial charge in [-0.05, 0) is 38.3 Å². The first-order valence-electron chi connectivity index (χ1n) is 13.6. The van der Waals surface area contributed by atoms with Crippen molar-refractivity contribution in [2.45, 2.75) is 77.6 Å². The Morgan fingerprint density at radius 3 is 2.55 bits per heavy atom. The number of nitrogens with one attached hydrogen (secondary N) is 2. The molecule has 9 heteroatoms. The molecule has 0 aromatic rings. The number of amides is 2. The summed E-state index contributed by atoms with van der Waals surface area (Å²) in [6.07, 6.45) is 16.0. The summed E-state index contributed by atoms with van der Waals surface area (Å²) in [5.41, 5.74) is -0.310. The zero-order chi connectivity index (χ0) is 29.4. The van der Waals surface area contributed by atoms with Crippen LogP contribution in [-0.2, 0) is 23.9 Å². The van der Waals surface area contributed by atoms with Crippen LogP contribution in [0.4, 0.5) is 0 Å². The standard InChI is InChI=1S/C31H38N2O7/c1-5-6-11-19(2)16-20(3)17-21(4)30(38)32-22-18-31(39,29-28(40-29)27(22)37)15-10-8-7-9-12-25(36)33-26-23(34)13-14-24(26)35/h7-10,12,15-19,28-29,34,39H,5-6,11,13-14H2,1-4H3,(H,32,38)(H,33,36)/b8-7+,12-9+,15-10+,20-16+,21-17-/t19-,28-,29-,31+/m1/s1. The number of rotatable bonds is 12. The SMILES string of the molecule is CCCC[C@@H](C)/C=C(C)/C=C(/C)C(=O)NC1=C[C@@](O)(/C=C/C=C/C=C/C(=O)NC2=C(O)CCC2=O)[C@@H]2O[C@@H]2C1=O. The first-order chi connectivity index (χ1) is 18.9. The first-order valence-corrected chi connectivity index (χ1v) is 13.6. The second-order valence-corrected chi connectivity index (χ2v) is 10.4. The number of aliphatic hydroxyl groups is 2. The number of allylic oxidation sites excluding steroid dienone is 9. The van der Waals surface area contributed by atoms with Crippen molar-refractivity contribution in [1.29, 1.82) is 0 Å². The van der Waals surface area contributed by atoms with Crippen LogP contribution in [0.3, 0.4) is 0 Å². The van der Waals surface area contributed by atoms with Crippen molar-refractivity contribution >= 4 is 23.4 Å². The molecule has 0 saturated carbocycles. The summed E-state index contributed by atoms with van der Waals surface area (Å²) in [5, 5.41) is 25.7. The molecule has 2 aliphatic carbocycles. The highest BCUT2D eigenvalue weighted by atomic mass is 16.6. The Balaban J connectivity index is 1.60. The lowest BCUT2D eigenvalue weighted by atomic mass is 9.88. The molecule has 3 aliphatic rings.